The van der Waals surface area contributed by atoms with Gasteiger partial charge in [-0.2, -0.15) is 0 Å². The number of fused-ring (bicyclic) bond motifs is 1. The second-order valence-electron chi connectivity index (χ2n) is 5.64. The molecule has 1 heterocycles. The van der Waals surface area contributed by atoms with E-state index in [1.807, 2.05) is 30.3 Å². The molecule has 0 saturated carbocycles. The first-order valence-corrected chi connectivity index (χ1v) is 7.90. The molecule has 0 radical (unpaired) electrons. The van der Waals surface area contributed by atoms with Crippen LogP contribution in [0.3, 0.4) is 0 Å². The standard InChI is InChI=1S/C18H16ClNO4/c19-15-7-6-13-9-16(17(21)22)20(10-14(13)8-15)18(23)24-11-12-4-2-1-3-5-12/h1-8,16H,9-11H2,(H,21,22)/t16-/m0/s1. The number of hydrogen-bond donors (Lipinski definition) is 1. The van der Waals surface area contributed by atoms with Crippen LogP contribution in [0.25, 0.3) is 0 Å². The van der Waals surface area contributed by atoms with Gasteiger partial charge in [-0.3, -0.25) is 4.90 Å². The summed E-state index contributed by atoms with van der Waals surface area (Å²) in [6.45, 7) is 0.269. The van der Waals surface area contributed by atoms with Gasteiger partial charge in [-0.05, 0) is 28.8 Å². The molecular weight excluding hydrogens is 330 g/mol. The topological polar surface area (TPSA) is 66.8 Å². The molecule has 0 unspecified atom stereocenters. The number of carboxylic acids is 1. The average Bonchev–Trinajstić information content (AvgIpc) is 2.59. The van der Waals surface area contributed by atoms with Gasteiger partial charge in [-0.15, -0.1) is 0 Å². The molecule has 24 heavy (non-hydrogen) atoms. The number of ether oxygens (including phenoxy) is 1. The normalized spacial score (nSPS) is 16.4. The first kappa shape index (κ1) is 16.3. The third-order valence-electron chi connectivity index (χ3n) is 4.02. The number of halogens is 1. The first-order valence-electron chi connectivity index (χ1n) is 7.52. The molecule has 2 aromatic rings. The maximum absolute atomic E-state index is 12.4. The minimum atomic E-state index is -1.05. The number of carbonyl (C=O) groups is 2. The minimum absolute atomic E-state index is 0.102. The van der Waals surface area contributed by atoms with Crippen molar-refractivity contribution in [2.45, 2.75) is 25.6 Å². The van der Waals surface area contributed by atoms with Crippen molar-refractivity contribution >= 4 is 23.7 Å². The van der Waals surface area contributed by atoms with Gasteiger partial charge in [-0.1, -0.05) is 48.0 Å². The predicted molar refractivity (Wildman–Crippen MR) is 88.7 cm³/mol. The van der Waals surface area contributed by atoms with Crippen molar-refractivity contribution in [2.24, 2.45) is 0 Å². The summed E-state index contributed by atoms with van der Waals surface area (Å²) in [6, 6.07) is 13.6. The van der Waals surface area contributed by atoms with Crippen LogP contribution < -0.4 is 0 Å². The molecular formula is C18H16ClNO4. The summed E-state index contributed by atoms with van der Waals surface area (Å²) in [4.78, 5) is 25.2. The van der Waals surface area contributed by atoms with E-state index >= 15 is 0 Å². The molecule has 6 heteroatoms. The van der Waals surface area contributed by atoms with E-state index in [9.17, 15) is 14.7 Å². The fourth-order valence-corrected chi connectivity index (χ4v) is 2.96. The second kappa shape index (κ2) is 6.93. The number of carbonyl (C=O) groups excluding carboxylic acids is 1. The van der Waals surface area contributed by atoms with Crippen LogP contribution in [0, 0.1) is 0 Å². The highest BCUT2D eigenvalue weighted by Gasteiger charge is 2.35. The summed E-state index contributed by atoms with van der Waals surface area (Å²) in [5.41, 5.74) is 2.58. The Balaban J connectivity index is 1.76. The summed E-state index contributed by atoms with van der Waals surface area (Å²) in [5, 5.41) is 10.0. The van der Waals surface area contributed by atoms with E-state index in [1.165, 1.54) is 4.90 Å². The highest BCUT2D eigenvalue weighted by molar-refractivity contribution is 6.30. The molecule has 2 aromatic carbocycles. The molecule has 0 aromatic heterocycles. The van der Waals surface area contributed by atoms with Crippen molar-refractivity contribution < 1.29 is 19.4 Å². The van der Waals surface area contributed by atoms with Gasteiger partial charge >= 0.3 is 12.1 Å². The fourth-order valence-electron chi connectivity index (χ4n) is 2.77. The number of nitrogens with zero attached hydrogens (tertiary/aromatic N) is 1. The van der Waals surface area contributed by atoms with Crippen LogP contribution in [-0.4, -0.2) is 28.1 Å². The Labute approximate surface area is 144 Å². The molecule has 1 amide bonds. The molecule has 5 nitrogen and oxygen atoms in total. The van der Waals surface area contributed by atoms with Crippen LogP contribution in [0.2, 0.25) is 5.02 Å². The van der Waals surface area contributed by atoms with Gasteiger partial charge in [0.15, 0.2) is 0 Å². The second-order valence-corrected chi connectivity index (χ2v) is 6.08. The van der Waals surface area contributed by atoms with E-state index in [4.69, 9.17) is 16.3 Å². The Morgan fingerprint density at radius 2 is 1.92 bits per heavy atom. The molecule has 124 valence electrons. The van der Waals surface area contributed by atoms with Gasteiger partial charge in [0, 0.05) is 11.4 Å². The van der Waals surface area contributed by atoms with Gasteiger partial charge < -0.3 is 9.84 Å². The zero-order valence-corrected chi connectivity index (χ0v) is 13.6. The Morgan fingerprint density at radius 3 is 2.62 bits per heavy atom. The van der Waals surface area contributed by atoms with Crippen molar-refractivity contribution in [2.75, 3.05) is 0 Å². The number of hydrogen-bond acceptors (Lipinski definition) is 3. The highest BCUT2D eigenvalue weighted by atomic mass is 35.5. The maximum atomic E-state index is 12.4. The van der Waals surface area contributed by atoms with E-state index < -0.39 is 18.1 Å². The van der Waals surface area contributed by atoms with Crippen molar-refractivity contribution in [3.8, 4) is 0 Å². The fraction of sp³-hybridized carbons (Fsp3) is 0.222. The Hall–Kier alpha value is -2.53. The average molecular weight is 346 g/mol. The largest absolute Gasteiger partial charge is 0.480 e. The van der Waals surface area contributed by atoms with Gasteiger partial charge in [0.2, 0.25) is 0 Å². The Bertz CT molecular complexity index is 763. The summed E-state index contributed by atoms with van der Waals surface area (Å²) < 4.78 is 5.28. The summed E-state index contributed by atoms with van der Waals surface area (Å²) in [5.74, 6) is -1.05. The molecule has 3 rings (SSSR count). The maximum Gasteiger partial charge on any atom is 0.411 e. The van der Waals surface area contributed by atoms with E-state index in [0.29, 0.717) is 5.02 Å². The van der Waals surface area contributed by atoms with Gasteiger partial charge in [-0.25, -0.2) is 9.59 Å². The third-order valence-corrected chi connectivity index (χ3v) is 4.26. The molecule has 1 N–H and O–H groups in total. The minimum Gasteiger partial charge on any atom is -0.480 e. The zero-order valence-electron chi connectivity index (χ0n) is 12.8. The first-order chi connectivity index (χ1) is 11.5. The van der Waals surface area contributed by atoms with Crippen molar-refractivity contribution in [1.29, 1.82) is 0 Å². The SMILES string of the molecule is O=C(O)[C@@H]1Cc2ccc(Cl)cc2CN1C(=O)OCc1ccccc1. The number of benzene rings is 2. The van der Waals surface area contributed by atoms with E-state index in [1.54, 1.807) is 18.2 Å². The van der Waals surface area contributed by atoms with Crippen molar-refractivity contribution in [3.63, 3.8) is 0 Å². The lowest BCUT2D eigenvalue weighted by molar-refractivity contribution is -0.143. The molecule has 1 aliphatic heterocycles. The number of amides is 1. The van der Waals surface area contributed by atoms with Gasteiger partial charge in [0.1, 0.15) is 12.6 Å². The quantitative estimate of drug-likeness (QED) is 0.924. The van der Waals surface area contributed by atoms with Gasteiger partial charge in [0.05, 0.1) is 6.54 Å². The zero-order chi connectivity index (χ0) is 17.1. The summed E-state index contributed by atoms with van der Waals surface area (Å²) >= 11 is 5.99. The van der Waals surface area contributed by atoms with Crippen LogP contribution in [0.5, 0.6) is 0 Å². The summed E-state index contributed by atoms with van der Waals surface area (Å²) in [6.07, 6.45) is -0.403. The van der Waals surface area contributed by atoms with E-state index in [-0.39, 0.29) is 19.6 Å². The van der Waals surface area contributed by atoms with E-state index in [2.05, 4.69) is 0 Å². The van der Waals surface area contributed by atoms with Crippen LogP contribution >= 0.6 is 11.6 Å². The summed E-state index contributed by atoms with van der Waals surface area (Å²) in [7, 11) is 0. The van der Waals surface area contributed by atoms with Crippen LogP contribution in [0.15, 0.2) is 48.5 Å². The lowest BCUT2D eigenvalue weighted by Crippen LogP contribution is -2.48. The molecule has 1 aliphatic rings. The Morgan fingerprint density at radius 1 is 1.17 bits per heavy atom. The van der Waals surface area contributed by atoms with Crippen LogP contribution in [0.1, 0.15) is 16.7 Å². The number of carboxylic acid groups (broad SMARTS) is 1. The molecule has 0 fully saturated rings. The third kappa shape index (κ3) is 3.51. The molecule has 0 spiro atoms. The molecule has 0 bridgehead atoms. The highest BCUT2D eigenvalue weighted by Crippen LogP contribution is 2.27. The van der Waals surface area contributed by atoms with Gasteiger partial charge in [0.25, 0.3) is 0 Å². The monoisotopic (exact) mass is 345 g/mol. The predicted octanol–water partition coefficient (Wildman–Crippen LogP) is 3.49. The smallest absolute Gasteiger partial charge is 0.411 e. The molecule has 0 aliphatic carbocycles. The Kier molecular flexibility index (Phi) is 4.71. The van der Waals surface area contributed by atoms with E-state index in [0.717, 1.165) is 16.7 Å². The molecule has 1 atom stereocenters. The lowest BCUT2D eigenvalue weighted by Gasteiger charge is -2.33. The van der Waals surface area contributed by atoms with Crippen LogP contribution in [0.4, 0.5) is 4.79 Å². The lowest BCUT2D eigenvalue weighted by atomic mass is 9.94. The van der Waals surface area contributed by atoms with Crippen LogP contribution in [-0.2, 0) is 29.1 Å². The van der Waals surface area contributed by atoms with Crippen molar-refractivity contribution in [3.05, 3.63) is 70.2 Å². The van der Waals surface area contributed by atoms with Crippen molar-refractivity contribution in [1.82, 2.24) is 4.90 Å². The number of aliphatic carboxylic acids is 1. The number of rotatable bonds is 3. The molecule has 0 saturated heterocycles.